The Kier molecular flexibility index (Phi) is 5.44. The predicted molar refractivity (Wildman–Crippen MR) is 112 cm³/mol. The van der Waals surface area contributed by atoms with Gasteiger partial charge in [0.15, 0.2) is 5.75 Å². The van der Waals surface area contributed by atoms with Gasteiger partial charge >= 0.3 is 6.03 Å². The maximum Gasteiger partial charge on any atom is 0.327 e. The molecule has 7 heteroatoms. The third-order valence-electron chi connectivity index (χ3n) is 5.92. The van der Waals surface area contributed by atoms with Crippen LogP contribution in [-0.4, -0.2) is 46.8 Å². The summed E-state index contributed by atoms with van der Waals surface area (Å²) in [5.74, 6) is 0.419. The van der Waals surface area contributed by atoms with E-state index in [1.165, 1.54) is 4.90 Å². The van der Waals surface area contributed by atoms with E-state index in [2.05, 4.69) is 5.32 Å². The standard InChI is InChI=1S/C23H25N3O4/c1-25-22(29)26(21(28)23(25)14-8-3-9-15-23)16-20(27)24-18-12-6-7-13-19(18)30-17-10-4-2-5-11-17/h2,4-7,10-13H,3,8-9,14-16H2,1H3,(H,24,27). The van der Waals surface area contributed by atoms with Crippen molar-refractivity contribution in [1.82, 2.24) is 9.80 Å². The summed E-state index contributed by atoms with van der Waals surface area (Å²) in [7, 11) is 1.66. The van der Waals surface area contributed by atoms with Gasteiger partial charge in [-0.2, -0.15) is 0 Å². The average molecular weight is 407 g/mol. The SMILES string of the molecule is CN1C(=O)N(CC(=O)Nc2ccccc2Oc2ccccc2)C(=O)C12CCCCC2. The van der Waals surface area contributed by atoms with Crippen LogP contribution in [0.1, 0.15) is 32.1 Å². The molecule has 1 aliphatic heterocycles. The van der Waals surface area contributed by atoms with Crippen LogP contribution in [0, 0.1) is 0 Å². The summed E-state index contributed by atoms with van der Waals surface area (Å²) < 4.78 is 5.86. The molecule has 2 aromatic carbocycles. The summed E-state index contributed by atoms with van der Waals surface area (Å²) >= 11 is 0. The molecule has 7 nitrogen and oxygen atoms in total. The van der Waals surface area contributed by atoms with Gasteiger partial charge in [-0.3, -0.25) is 14.5 Å². The fourth-order valence-corrected chi connectivity index (χ4v) is 4.28. The van der Waals surface area contributed by atoms with E-state index in [0.717, 1.165) is 24.2 Å². The third-order valence-corrected chi connectivity index (χ3v) is 5.92. The topological polar surface area (TPSA) is 79.0 Å². The largest absolute Gasteiger partial charge is 0.455 e. The first-order valence-electron chi connectivity index (χ1n) is 10.2. The highest BCUT2D eigenvalue weighted by Gasteiger charge is 2.55. The Morgan fingerprint density at radius 2 is 1.67 bits per heavy atom. The number of imide groups is 1. The molecule has 1 spiro atoms. The molecule has 2 fully saturated rings. The van der Waals surface area contributed by atoms with Gasteiger partial charge in [-0.1, -0.05) is 49.6 Å². The molecular weight excluding hydrogens is 382 g/mol. The Balaban J connectivity index is 1.47. The number of hydrogen-bond acceptors (Lipinski definition) is 4. The van der Waals surface area contributed by atoms with Gasteiger partial charge in [0.05, 0.1) is 5.69 Å². The number of carbonyl (C=O) groups excluding carboxylic acids is 3. The Morgan fingerprint density at radius 3 is 2.40 bits per heavy atom. The highest BCUT2D eigenvalue weighted by molar-refractivity contribution is 6.10. The highest BCUT2D eigenvalue weighted by Crippen LogP contribution is 2.39. The molecule has 30 heavy (non-hydrogen) atoms. The van der Waals surface area contributed by atoms with Crippen molar-refractivity contribution in [3.8, 4) is 11.5 Å². The second-order valence-electron chi connectivity index (χ2n) is 7.78. The minimum Gasteiger partial charge on any atom is -0.455 e. The number of benzene rings is 2. The number of para-hydroxylation sites is 3. The van der Waals surface area contributed by atoms with E-state index < -0.39 is 17.5 Å². The van der Waals surface area contributed by atoms with Crippen molar-refractivity contribution in [3.05, 3.63) is 54.6 Å². The Bertz CT molecular complexity index is 954. The molecule has 0 unspecified atom stereocenters. The fourth-order valence-electron chi connectivity index (χ4n) is 4.28. The molecule has 4 rings (SSSR count). The molecule has 0 bridgehead atoms. The van der Waals surface area contributed by atoms with E-state index in [4.69, 9.17) is 4.74 Å². The Hall–Kier alpha value is -3.35. The summed E-state index contributed by atoms with van der Waals surface area (Å²) in [6.07, 6.45) is 4.19. The minimum absolute atomic E-state index is 0.265. The van der Waals surface area contributed by atoms with Crippen molar-refractivity contribution in [1.29, 1.82) is 0 Å². The van der Waals surface area contributed by atoms with Gasteiger partial charge in [0.25, 0.3) is 5.91 Å². The zero-order valence-electron chi connectivity index (χ0n) is 17.0. The number of nitrogens with one attached hydrogen (secondary N) is 1. The second-order valence-corrected chi connectivity index (χ2v) is 7.78. The lowest BCUT2D eigenvalue weighted by Crippen LogP contribution is -2.49. The van der Waals surface area contributed by atoms with Crippen LogP contribution in [-0.2, 0) is 9.59 Å². The molecule has 1 N–H and O–H groups in total. The number of urea groups is 1. The number of rotatable bonds is 5. The normalized spacial score (nSPS) is 18.0. The number of carbonyl (C=O) groups is 3. The number of nitrogens with zero attached hydrogens (tertiary/aromatic N) is 2. The summed E-state index contributed by atoms with van der Waals surface area (Å²) in [5.41, 5.74) is -0.310. The molecule has 1 aliphatic carbocycles. The first-order valence-corrected chi connectivity index (χ1v) is 10.2. The molecule has 0 atom stereocenters. The van der Waals surface area contributed by atoms with E-state index in [0.29, 0.717) is 30.0 Å². The van der Waals surface area contributed by atoms with Gasteiger partial charge < -0.3 is 15.0 Å². The van der Waals surface area contributed by atoms with Crippen LogP contribution in [0.2, 0.25) is 0 Å². The molecule has 1 heterocycles. The van der Waals surface area contributed by atoms with Gasteiger partial charge in [-0.25, -0.2) is 4.79 Å². The molecule has 4 amide bonds. The molecule has 2 aliphatic rings. The van der Waals surface area contributed by atoms with Crippen molar-refractivity contribution >= 4 is 23.5 Å². The lowest BCUT2D eigenvalue weighted by Gasteiger charge is -2.35. The second kappa shape index (κ2) is 8.18. The first kappa shape index (κ1) is 19.9. The third kappa shape index (κ3) is 3.63. The smallest absolute Gasteiger partial charge is 0.327 e. The molecule has 0 aromatic heterocycles. The number of likely N-dealkylation sites (N-methyl/N-ethyl adjacent to an activating group) is 1. The molecule has 1 saturated carbocycles. The zero-order chi connectivity index (χ0) is 21.1. The van der Waals surface area contributed by atoms with Crippen LogP contribution in [0.3, 0.4) is 0 Å². The zero-order valence-corrected chi connectivity index (χ0v) is 17.0. The lowest BCUT2D eigenvalue weighted by atomic mass is 9.81. The van der Waals surface area contributed by atoms with Crippen LogP contribution in [0.15, 0.2) is 54.6 Å². The van der Waals surface area contributed by atoms with Crippen LogP contribution in [0.4, 0.5) is 10.5 Å². The summed E-state index contributed by atoms with van der Waals surface area (Å²) in [6, 6.07) is 15.9. The van der Waals surface area contributed by atoms with Crippen LogP contribution in [0.5, 0.6) is 11.5 Å². The molecule has 0 radical (unpaired) electrons. The quantitative estimate of drug-likeness (QED) is 0.760. The van der Waals surface area contributed by atoms with Gasteiger partial charge in [-0.15, -0.1) is 0 Å². The maximum absolute atomic E-state index is 13.1. The Morgan fingerprint density at radius 1 is 1.00 bits per heavy atom. The van der Waals surface area contributed by atoms with Gasteiger partial charge in [0, 0.05) is 7.05 Å². The van der Waals surface area contributed by atoms with E-state index in [-0.39, 0.29) is 12.5 Å². The van der Waals surface area contributed by atoms with Crippen LogP contribution >= 0.6 is 0 Å². The highest BCUT2D eigenvalue weighted by atomic mass is 16.5. The maximum atomic E-state index is 13.1. The van der Waals surface area contributed by atoms with E-state index in [1.54, 1.807) is 25.2 Å². The van der Waals surface area contributed by atoms with Gasteiger partial charge in [0.1, 0.15) is 17.8 Å². The fraction of sp³-hybridized carbons (Fsp3) is 0.348. The van der Waals surface area contributed by atoms with Gasteiger partial charge in [-0.05, 0) is 37.1 Å². The van der Waals surface area contributed by atoms with Gasteiger partial charge in [0.2, 0.25) is 5.91 Å². The van der Waals surface area contributed by atoms with Crippen molar-refractivity contribution in [3.63, 3.8) is 0 Å². The van der Waals surface area contributed by atoms with Crippen molar-refractivity contribution < 1.29 is 19.1 Å². The minimum atomic E-state index is -0.788. The molecule has 1 saturated heterocycles. The average Bonchev–Trinajstić information content (AvgIpc) is 2.93. The monoisotopic (exact) mass is 407 g/mol. The van der Waals surface area contributed by atoms with Crippen molar-refractivity contribution in [2.75, 3.05) is 18.9 Å². The molecule has 156 valence electrons. The van der Waals surface area contributed by atoms with E-state index in [9.17, 15) is 14.4 Å². The van der Waals surface area contributed by atoms with Crippen LogP contribution < -0.4 is 10.1 Å². The summed E-state index contributed by atoms with van der Waals surface area (Å²) in [4.78, 5) is 41.1. The summed E-state index contributed by atoms with van der Waals surface area (Å²) in [5, 5.41) is 2.78. The van der Waals surface area contributed by atoms with E-state index in [1.807, 2.05) is 36.4 Å². The first-order chi connectivity index (χ1) is 14.5. The lowest BCUT2D eigenvalue weighted by molar-refractivity contribution is -0.136. The number of hydrogen-bond donors (Lipinski definition) is 1. The summed E-state index contributed by atoms with van der Waals surface area (Å²) in [6.45, 7) is -0.316. The molecule has 2 aromatic rings. The number of ether oxygens (including phenoxy) is 1. The molecular formula is C23H25N3O4. The predicted octanol–water partition coefficient (Wildman–Crippen LogP) is 4.01. The van der Waals surface area contributed by atoms with Crippen molar-refractivity contribution in [2.24, 2.45) is 0 Å². The van der Waals surface area contributed by atoms with Crippen molar-refractivity contribution in [2.45, 2.75) is 37.6 Å². The van der Waals surface area contributed by atoms with Crippen LogP contribution in [0.25, 0.3) is 0 Å². The Labute approximate surface area is 175 Å². The number of anilines is 1. The van der Waals surface area contributed by atoms with E-state index >= 15 is 0 Å². The number of amides is 4.